The number of hydrogen-bond acceptors (Lipinski definition) is 0. The van der Waals surface area contributed by atoms with Gasteiger partial charge in [0.05, 0.1) is 13.6 Å². The Kier molecular flexibility index (Phi) is 9.66. The van der Waals surface area contributed by atoms with Crippen LogP contribution in [-0.4, -0.2) is 4.57 Å². The van der Waals surface area contributed by atoms with Crippen LogP contribution in [0.4, 0.5) is 25.2 Å². The van der Waals surface area contributed by atoms with E-state index in [0.29, 0.717) is 0 Å². The molecule has 0 radical (unpaired) electrons. The van der Waals surface area contributed by atoms with Gasteiger partial charge in [0.2, 0.25) is 0 Å². The van der Waals surface area contributed by atoms with Crippen molar-refractivity contribution in [1.29, 1.82) is 0 Å². The van der Waals surface area contributed by atoms with Gasteiger partial charge in [-0.1, -0.05) is 58.3 Å². The van der Waals surface area contributed by atoms with Crippen molar-refractivity contribution in [1.82, 2.24) is 4.57 Å². The van der Waals surface area contributed by atoms with E-state index in [1.165, 1.54) is 76.6 Å². The molecule has 0 N–H and O–H groups in total. The minimum atomic E-state index is -10.7. The molecule has 0 bridgehead atoms. The van der Waals surface area contributed by atoms with Gasteiger partial charge < -0.3 is 0 Å². The predicted molar refractivity (Wildman–Crippen MR) is 95.8 cm³/mol. The van der Waals surface area contributed by atoms with Crippen LogP contribution in [0.2, 0.25) is 0 Å². The van der Waals surface area contributed by atoms with E-state index in [4.69, 9.17) is 0 Å². The molecule has 0 atom stereocenters. The van der Waals surface area contributed by atoms with Crippen molar-refractivity contribution in [2.45, 2.75) is 84.6 Å². The molecule has 0 aliphatic rings. The summed E-state index contributed by atoms with van der Waals surface area (Å²) in [5.74, 6) is 1.36. The molecule has 0 fully saturated rings. The zero-order valence-electron chi connectivity index (χ0n) is 16.0. The first-order valence-electron chi connectivity index (χ1n) is 9.28. The van der Waals surface area contributed by atoms with Gasteiger partial charge in [0.1, 0.15) is 12.4 Å². The molecular weight excluding hydrogens is 377 g/mol. The third-order valence-corrected chi connectivity index (χ3v) is 4.15. The normalized spacial score (nSPS) is 14.3. The molecule has 0 spiro atoms. The first-order valence-corrected chi connectivity index (χ1v) is 11.3. The van der Waals surface area contributed by atoms with Crippen molar-refractivity contribution in [2.75, 3.05) is 0 Å². The Balaban J connectivity index is 0.000000758. The zero-order chi connectivity index (χ0) is 20.3. The van der Waals surface area contributed by atoms with E-state index in [2.05, 4.69) is 42.4 Å². The maximum absolute atomic E-state index is 10.7. The van der Waals surface area contributed by atoms with Gasteiger partial charge in [0, 0.05) is 6.92 Å². The number of aromatic nitrogens is 2. The molecule has 158 valence electrons. The summed E-state index contributed by atoms with van der Waals surface area (Å²) in [4.78, 5) is 0. The first-order chi connectivity index (χ1) is 11.7. The summed E-state index contributed by atoms with van der Waals surface area (Å²) < 4.78 is 63.8. The second-order valence-electron chi connectivity index (χ2n) is 6.79. The van der Waals surface area contributed by atoms with Gasteiger partial charge in [-0.15, -0.1) is 0 Å². The summed E-state index contributed by atoms with van der Waals surface area (Å²) in [7, 11) is -8.54. The van der Waals surface area contributed by atoms with E-state index >= 15 is 0 Å². The van der Waals surface area contributed by atoms with Crippen LogP contribution in [0.15, 0.2) is 12.4 Å². The number of imidazole rings is 1. The monoisotopic (exact) mass is 410 g/mol. The van der Waals surface area contributed by atoms with Crippen molar-refractivity contribution < 1.29 is 29.7 Å². The molecule has 9 heteroatoms. The molecule has 0 unspecified atom stereocenters. The van der Waals surface area contributed by atoms with Gasteiger partial charge in [-0.25, -0.2) is 9.13 Å². The Labute approximate surface area is 152 Å². The van der Waals surface area contributed by atoms with Crippen molar-refractivity contribution in [2.24, 2.45) is 7.05 Å². The molecule has 0 aliphatic heterocycles. The zero-order valence-corrected chi connectivity index (χ0v) is 16.9. The van der Waals surface area contributed by atoms with E-state index < -0.39 is 7.81 Å². The van der Waals surface area contributed by atoms with Crippen molar-refractivity contribution in [3.05, 3.63) is 18.2 Å². The van der Waals surface area contributed by atoms with Crippen molar-refractivity contribution >= 4 is 7.81 Å². The fourth-order valence-corrected chi connectivity index (χ4v) is 2.60. The van der Waals surface area contributed by atoms with Crippen molar-refractivity contribution in [3.8, 4) is 0 Å². The van der Waals surface area contributed by atoms with Crippen LogP contribution in [0, 0.1) is 6.92 Å². The van der Waals surface area contributed by atoms with Gasteiger partial charge in [-0.3, -0.25) is 0 Å². The second kappa shape index (κ2) is 9.95. The van der Waals surface area contributed by atoms with Crippen molar-refractivity contribution in [3.63, 3.8) is 0 Å². The fourth-order valence-electron chi connectivity index (χ4n) is 2.60. The first kappa shape index (κ1) is 25.2. The van der Waals surface area contributed by atoms with E-state index in [9.17, 15) is 25.2 Å². The van der Waals surface area contributed by atoms with E-state index in [1.807, 2.05) is 0 Å². The van der Waals surface area contributed by atoms with E-state index in [-0.39, 0.29) is 0 Å². The second-order valence-corrected chi connectivity index (χ2v) is 8.71. The van der Waals surface area contributed by atoms with Crippen LogP contribution in [0.1, 0.15) is 77.0 Å². The van der Waals surface area contributed by atoms with Crippen LogP contribution in [0.3, 0.4) is 0 Å². The molecule has 1 heterocycles. The van der Waals surface area contributed by atoms with Gasteiger partial charge in [-0.2, -0.15) is 0 Å². The standard InChI is InChI=1S/C17H33N2.F6P/c1-4-5-6-7-8-9-10-11-12-13-14-19-16-15-18(3)17(19)2;1-7(2,3,4,5)6/h15-16H,4-14H2,1-3H3;/q+1;-1. The molecule has 0 amide bonds. The Bertz CT molecular complexity index is 499. The van der Waals surface area contributed by atoms with Gasteiger partial charge in [0.25, 0.3) is 5.82 Å². The summed E-state index contributed by atoms with van der Waals surface area (Å²) in [6, 6.07) is 0. The SMILES string of the molecule is CCCCCCCCCCCCn1cc[n+](C)c1C.F[P-](F)(F)(F)(F)F. The number of rotatable bonds is 11. The molecule has 0 aromatic carbocycles. The van der Waals surface area contributed by atoms with E-state index in [1.54, 1.807) is 0 Å². The molecule has 1 aromatic heterocycles. The van der Waals surface area contributed by atoms with Crippen LogP contribution >= 0.6 is 7.81 Å². The topological polar surface area (TPSA) is 8.81 Å². The van der Waals surface area contributed by atoms with E-state index in [0.717, 1.165) is 0 Å². The Morgan fingerprint density at radius 1 is 0.808 bits per heavy atom. The number of hydrogen-bond donors (Lipinski definition) is 0. The van der Waals surface area contributed by atoms with Gasteiger partial charge in [-0.05, 0) is 12.8 Å². The van der Waals surface area contributed by atoms with Crippen LogP contribution in [0.5, 0.6) is 0 Å². The molecule has 1 rings (SSSR count). The molecule has 1 aromatic rings. The van der Waals surface area contributed by atoms with Crippen LogP contribution in [0.25, 0.3) is 0 Å². The molecule has 0 aliphatic carbocycles. The summed E-state index contributed by atoms with van der Waals surface area (Å²) in [6.07, 6.45) is 18.5. The average molecular weight is 410 g/mol. The number of halogens is 6. The van der Waals surface area contributed by atoms with Gasteiger partial charge in [0.15, 0.2) is 0 Å². The maximum atomic E-state index is 9.87. The third kappa shape index (κ3) is 19.5. The summed E-state index contributed by atoms with van der Waals surface area (Å²) in [5, 5.41) is 0. The Morgan fingerprint density at radius 3 is 1.54 bits per heavy atom. The summed E-state index contributed by atoms with van der Waals surface area (Å²) in [5.41, 5.74) is 0. The summed E-state index contributed by atoms with van der Waals surface area (Å²) in [6.45, 7) is 5.66. The molecule has 0 saturated carbocycles. The molecular formula is C17H33F6N2P. The molecule has 0 saturated heterocycles. The molecule has 2 nitrogen and oxygen atoms in total. The predicted octanol–water partition coefficient (Wildman–Crippen LogP) is 7.92. The van der Waals surface area contributed by atoms with Gasteiger partial charge >= 0.3 is 33.0 Å². The quantitative estimate of drug-likeness (QED) is 0.152. The average Bonchev–Trinajstić information content (AvgIpc) is 2.78. The fraction of sp³-hybridized carbons (Fsp3) is 0.824. The van der Waals surface area contributed by atoms with Crippen LogP contribution < -0.4 is 4.57 Å². The summed E-state index contributed by atoms with van der Waals surface area (Å²) >= 11 is 0. The number of aryl methyl sites for hydroxylation is 2. The Hall–Kier alpha value is -0.780. The van der Waals surface area contributed by atoms with Crippen LogP contribution in [-0.2, 0) is 13.6 Å². The minimum absolute atomic E-state index is 1.18. The number of nitrogens with zero attached hydrogens (tertiary/aromatic N) is 2. The third-order valence-electron chi connectivity index (χ3n) is 4.15. The number of unbranched alkanes of at least 4 members (excludes halogenated alkanes) is 9. The molecule has 26 heavy (non-hydrogen) atoms. The Morgan fingerprint density at radius 2 is 1.19 bits per heavy atom.